The Labute approximate surface area is 70.1 Å². The SMILES string of the molecule is CCOCC(=O)Nc1ccn[nH]1. The van der Waals surface area contributed by atoms with Gasteiger partial charge in [-0.3, -0.25) is 9.89 Å². The van der Waals surface area contributed by atoms with Crippen LogP contribution in [0, 0.1) is 0 Å². The van der Waals surface area contributed by atoms with Crippen LogP contribution in [0.25, 0.3) is 0 Å². The monoisotopic (exact) mass is 169 g/mol. The minimum atomic E-state index is -0.180. The highest BCUT2D eigenvalue weighted by Crippen LogP contribution is 1.97. The zero-order valence-corrected chi connectivity index (χ0v) is 6.83. The maximum atomic E-state index is 11.0. The second kappa shape index (κ2) is 4.50. The molecule has 1 amide bonds. The van der Waals surface area contributed by atoms with E-state index in [-0.39, 0.29) is 12.5 Å². The molecule has 1 rings (SSSR count). The van der Waals surface area contributed by atoms with Gasteiger partial charge in [0.2, 0.25) is 0 Å². The molecule has 2 N–H and O–H groups in total. The maximum Gasteiger partial charge on any atom is 0.251 e. The molecule has 1 aromatic rings. The van der Waals surface area contributed by atoms with Crippen molar-refractivity contribution in [2.24, 2.45) is 0 Å². The number of H-pyrrole nitrogens is 1. The van der Waals surface area contributed by atoms with Crippen molar-refractivity contribution < 1.29 is 9.53 Å². The summed E-state index contributed by atoms with van der Waals surface area (Å²) in [5.74, 6) is 0.404. The molecule has 0 saturated heterocycles. The van der Waals surface area contributed by atoms with Gasteiger partial charge in [0, 0.05) is 12.7 Å². The van der Waals surface area contributed by atoms with Crippen molar-refractivity contribution in [1.82, 2.24) is 10.2 Å². The Morgan fingerprint density at radius 3 is 3.25 bits per heavy atom. The normalized spacial score (nSPS) is 9.75. The van der Waals surface area contributed by atoms with Gasteiger partial charge in [-0.25, -0.2) is 0 Å². The van der Waals surface area contributed by atoms with E-state index in [1.54, 1.807) is 12.3 Å². The summed E-state index contributed by atoms with van der Waals surface area (Å²) in [6, 6.07) is 1.67. The van der Waals surface area contributed by atoms with E-state index >= 15 is 0 Å². The lowest BCUT2D eigenvalue weighted by Crippen LogP contribution is -2.18. The van der Waals surface area contributed by atoms with Gasteiger partial charge in [-0.1, -0.05) is 0 Å². The van der Waals surface area contributed by atoms with Gasteiger partial charge in [-0.15, -0.1) is 0 Å². The van der Waals surface area contributed by atoms with Crippen LogP contribution in [0.4, 0.5) is 5.82 Å². The van der Waals surface area contributed by atoms with E-state index in [1.807, 2.05) is 6.92 Å². The second-order valence-corrected chi connectivity index (χ2v) is 2.16. The van der Waals surface area contributed by atoms with Gasteiger partial charge in [0.05, 0.1) is 6.20 Å². The fourth-order valence-electron chi connectivity index (χ4n) is 0.707. The van der Waals surface area contributed by atoms with Crippen LogP contribution in [0.5, 0.6) is 0 Å². The van der Waals surface area contributed by atoms with Crippen molar-refractivity contribution in [3.05, 3.63) is 12.3 Å². The molecule has 0 aliphatic carbocycles. The molecule has 1 heterocycles. The summed E-state index contributed by atoms with van der Waals surface area (Å²) in [6.45, 7) is 2.45. The van der Waals surface area contributed by atoms with Gasteiger partial charge in [0.1, 0.15) is 12.4 Å². The zero-order valence-electron chi connectivity index (χ0n) is 6.83. The van der Waals surface area contributed by atoms with Crippen molar-refractivity contribution in [2.45, 2.75) is 6.92 Å². The molecule has 66 valence electrons. The molecule has 0 radical (unpaired) electrons. The minimum Gasteiger partial charge on any atom is -0.372 e. The smallest absolute Gasteiger partial charge is 0.251 e. The van der Waals surface area contributed by atoms with E-state index in [4.69, 9.17) is 4.74 Å². The fourth-order valence-corrected chi connectivity index (χ4v) is 0.707. The third kappa shape index (κ3) is 2.71. The highest BCUT2D eigenvalue weighted by atomic mass is 16.5. The average Bonchev–Trinajstić information content (AvgIpc) is 2.53. The first-order chi connectivity index (χ1) is 5.83. The van der Waals surface area contributed by atoms with Crippen LogP contribution in [0.2, 0.25) is 0 Å². The molecule has 1 aromatic heterocycles. The van der Waals surface area contributed by atoms with Crippen molar-refractivity contribution in [1.29, 1.82) is 0 Å². The van der Waals surface area contributed by atoms with Gasteiger partial charge in [0.15, 0.2) is 0 Å². The molecule has 5 nitrogen and oxygen atoms in total. The van der Waals surface area contributed by atoms with Crippen LogP contribution in [0.3, 0.4) is 0 Å². The molecular weight excluding hydrogens is 158 g/mol. The number of hydrogen-bond acceptors (Lipinski definition) is 3. The van der Waals surface area contributed by atoms with Gasteiger partial charge < -0.3 is 10.1 Å². The number of carbonyl (C=O) groups is 1. The first-order valence-corrected chi connectivity index (χ1v) is 3.70. The molecule has 0 aliphatic heterocycles. The van der Waals surface area contributed by atoms with Gasteiger partial charge in [0.25, 0.3) is 5.91 Å². The van der Waals surface area contributed by atoms with E-state index in [9.17, 15) is 4.79 Å². The molecule has 0 aromatic carbocycles. The Hall–Kier alpha value is -1.36. The standard InChI is InChI=1S/C7H11N3O2/c1-2-12-5-7(11)9-6-3-4-8-10-6/h3-4H,2,5H2,1H3,(H2,8,9,10,11). The number of aromatic nitrogens is 2. The molecule has 0 atom stereocenters. The Balaban J connectivity index is 2.27. The fraction of sp³-hybridized carbons (Fsp3) is 0.429. The van der Waals surface area contributed by atoms with Crippen molar-refractivity contribution in [3.63, 3.8) is 0 Å². The summed E-state index contributed by atoms with van der Waals surface area (Å²) in [5, 5.41) is 8.86. The average molecular weight is 169 g/mol. The number of ether oxygens (including phenoxy) is 1. The molecule has 0 fully saturated rings. The Bertz CT molecular complexity index is 233. The van der Waals surface area contributed by atoms with E-state index < -0.39 is 0 Å². The first kappa shape index (κ1) is 8.73. The van der Waals surface area contributed by atoms with Crippen LogP contribution in [-0.2, 0) is 9.53 Å². The van der Waals surface area contributed by atoms with Gasteiger partial charge >= 0.3 is 0 Å². The zero-order chi connectivity index (χ0) is 8.81. The summed E-state index contributed by atoms with van der Waals surface area (Å²) in [7, 11) is 0. The molecule has 5 heteroatoms. The number of rotatable bonds is 4. The molecule has 12 heavy (non-hydrogen) atoms. The van der Waals surface area contributed by atoms with Crippen LogP contribution in [0.1, 0.15) is 6.92 Å². The van der Waals surface area contributed by atoms with Crippen LogP contribution in [-0.4, -0.2) is 29.3 Å². The maximum absolute atomic E-state index is 11.0. The van der Waals surface area contributed by atoms with E-state index in [0.29, 0.717) is 12.4 Å². The number of hydrogen-bond donors (Lipinski definition) is 2. The number of carbonyl (C=O) groups excluding carboxylic acids is 1. The van der Waals surface area contributed by atoms with E-state index in [2.05, 4.69) is 15.5 Å². The molecule has 0 saturated carbocycles. The molecule has 0 unspecified atom stereocenters. The topological polar surface area (TPSA) is 67.0 Å². The number of amides is 1. The van der Waals surface area contributed by atoms with Crippen molar-refractivity contribution in [2.75, 3.05) is 18.5 Å². The molecule has 0 spiro atoms. The number of aromatic amines is 1. The van der Waals surface area contributed by atoms with Crippen molar-refractivity contribution >= 4 is 11.7 Å². The highest BCUT2D eigenvalue weighted by Gasteiger charge is 2.01. The van der Waals surface area contributed by atoms with Crippen LogP contribution < -0.4 is 5.32 Å². The highest BCUT2D eigenvalue weighted by molar-refractivity contribution is 5.90. The number of nitrogens with zero attached hydrogens (tertiary/aromatic N) is 1. The third-order valence-corrected chi connectivity index (χ3v) is 1.21. The summed E-state index contributed by atoms with van der Waals surface area (Å²) in [4.78, 5) is 11.0. The summed E-state index contributed by atoms with van der Waals surface area (Å²) < 4.78 is 4.90. The van der Waals surface area contributed by atoms with E-state index in [1.165, 1.54) is 0 Å². The summed E-state index contributed by atoms with van der Waals surface area (Å²) in [6.07, 6.45) is 1.57. The lowest BCUT2D eigenvalue weighted by atomic mass is 10.5. The van der Waals surface area contributed by atoms with Gasteiger partial charge in [-0.2, -0.15) is 5.10 Å². The van der Waals surface area contributed by atoms with Crippen LogP contribution in [0.15, 0.2) is 12.3 Å². The molecular formula is C7H11N3O2. The Kier molecular flexibility index (Phi) is 3.28. The number of nitrogens with one attached hydrogen (secondary N) is 2. The lowest BCUT2D eigenvalue weighted by Gasteiger charge is -2.00. The second-order valence-electron chi connectivity index (χ2n) is 2.16. The predicted molar refractivity (Wildman–Crippen MR) is 43.7 cm³/mol. The van der Waals surface area contributed by atoms with Gasteiger partial charge in [-0.05, 0) is 6.92 Å². The van der Waals surface area contributed by atoms with Crippen molar-refractivity contribution in [3.8, 4) is 0 Å². The Morgan fingerprint density at radius 1 is 1.83 bits per heavy atom. The number of anilines is 1. The largest absolute Gasteiger partial charge is 0.372 e. The van der Waals surface area contributed by atoms with Crippen LogP contribution >= 0.6 is 0 Å². The molecule has 0 bridgehead atoms. The minimum absolute atomic E-state index is 0.0789. The Morgan fingerprint density at radius 2 is 2.67 bits per heavy atom. The lowest BCUT2D eigenvalue weighted by molar-refractivity contribution is -0.120. The summed E-state index contributed by atoms with van der Waals surface area (Å²) in [5.41, 5.74) is 0. The third-order valence-electron chi connectivity index (χ3n) is 1.21. The predicted octanol–water partition coefficient (Wildman–Crippen LogP) is 0.385. The quantitative estimate of drug-likeness (QED) is 0.684. The van der Waals surface area contributed by atoms with E-state index in [0.717, 1.165) is 0 Å². The molecule has 0 aliphatic rings. The first-order valence-electron chi connectivity index (χ1n) is 3.70. The summed E-state index contributed by atoms with van der Waals surface area (Å²) >= 11 is 0.